The molecule has 0 aliphatic carbocycles. The highest BCUT2D eigenvalue weighted by Gasteiger charge is 2.42. The van der Waals surface area contributed by atoms with Crippen molar-refractivity contribution in [2.24, 2.45) is 7.05 Å². The van der Waals surface area contributed by atoms with Crippen molar-refractivity contribution >= 4 is 11.8 Å². The van der Waals surface area contributed by atoms with E-state index >= 15 is 0 Å². The standard InChI is InChI=1S/C28H36N4O2/c1-7-9-12-21(8-2)18-30(4)16-15-29-27(33)25-23-13-10-11-14-24(23)28(34)32(6)26(25)22-17-20(3)31(5)19-22/h7-14,17,19,25-26H,1,15-16,18H2,2-6H3,(H,29,33)/b12-9-,21-8+. The SMILES string of the molecule is C=C/C=C\C(=C/C)CN(C)CCNC(=O)C1c2ccccc2C(=O)N(C)C1c1cc(C)n(C)c1. The van der Waals surface area contributed by atoms with E-state index in [9.17, 15) is 9.59 Å². The Balaban J connectivity index is 1.79. The van der Waals surface area contributed by atoms with E-state index < -0.39 is 5.92 Å². The molecular weight excluding hydrogens is 424 g/mol. The molecule has 2 unspecified atom stereocenters. The molecule has 0 bridgehead atoms. The second-order valence-corrected chi connectivity index (χ2v) is 8.94. The van der Waals surface area contributed by atoms with Gasteiger partial charge >= 0.3 is 0 Å². The first kappa shape index (κ1) is 25.2. The summed E-state index contributed by atoms with van der Waals surface area (Å²) in [7, 11) is 5.80. The molecule has 1 aromatic carbocycles. The number of carbonyl (C=O) groups is 2. The average Bonchev–Trinajstić information content (AvgIpc) is 3.16. The van der Waals surface area contributed by atoms with Crippen LogP contribution in [0.25, 0.3) is 0 Å². The summed E-state index contributed by atoms with van der Waals surface area (Å²) in [6.07, 6.45) is 9.82. The highest BCUT2D eigenvalue weighted by atomic mass is 16.2. The van der Waals surface area contributed by atoms with E-state index in [1.807, 2.05) is 75.1 Å². The molecule has 1 aromatic heterocycles. The molecule has 3 rings (SSSR count). The largest absolute Gasteiger partial charge is 0.354 e. The van der Waals surface area contributed by atoms with Crippen molar-refractivity contribution in [1.82, 2.24) is 19.7 Å². The normalized spacial score (nSPS) is 18.5. The van der Waals surface area contributed by atoms with Gasteiger partial charge in [0.2, 0.25) is 5.91 Å². The Labute approximate surface area is 203 Å². The molecule has 34 heavy (non-hydrogen) atoms. The van der Waals surface area contributed by atoms with Crippen LogP contribution < -0.4 is 5.32 Å². The first-order valence-electron chi connectivity index (χ1n) is 11.7. The number of hydrogen-bond acceptors (Lipinski definition) is 3. The molecule has 2 atom stereocenters. The minimum absolute atomic E-state index is 0.0580. The van der Waals surface area contributed by atoms with Gasteiger partial charge in [0.15, 0.2) is 0 Å². The van der Waals surface area contributed by atoms with Gasteiger partial charge in [-0.2, -0.15) is 0 Å². The van der Waals surface area contributed by atoms with Crippen molar-refractivity contribution in [3.8, 4) is 0 Å². The summed E-state index contributed by atoms with van der Waals surface area (Å²) in [5, 5.41) is 3.14. The Morgan fingerprint density at radius 2 is 2.00 bits per heavy atom. The van der Waals surface area contributed by atoms with Crippen molar-refractivity contribution in [3.05, 3.63) is 95.4 Å². The molecule has 1 N–H and O–H groups in total. The second-order valence-electron chi connectivity index (χ2n) is 8.94. The van der Waals surface area contributed by atoms with Crippen molar-refractivity contribution in [2.45, 2.75) is 25.8 Å². The number of amides is 2. The van der Waals surface area contributed by atoms with Gasteiger partial charge in [0.1, 0.15) is 0 Å². The van der Waals surface area contributed by atoms with E-state index in [1.165, 1.54) is 5.57 Å². The molecule has 2 heterocycles. The fraction of sp³-hybridized carbons (Fsp3) is 0.357. The Morgan fingerprint density at radius 1 is 1.26 bits per heavy atom. The van der Waals surface area contributed by atoms with Crippen LogP contribution in [0.5, 0.6) is 0 Å². The molecule has 2 aromatic rings. The molecule has 1 aliphatic heterocycles. The van der Waals surface area contributed by atoms with Crippen LogP contribution in [0.3, 0.4) is 0 Å². The number of nitrogens with zero attached hydrogens (tertiary/aromatic N) is 3. The molecule has 1 aliphatic rings. The summed E-state index contributed by atoms with van der Waals surface area (Å²) < 4.78 is 2.03. The van der Waals surface area contributed by atoms with Crippen LogP contribution in [0, 0.1) is 6.92 Å². The fourth-order valence-electron chi connectivity index (χ4n) is 4.54. The Kier molecular flexibility index (Phi) is 8.29. The van der Waals surface area contributed by atoms with Crippen molar-refractivity contribution in [2.75, 3.05) is 33.7 Å². The van der Waals surface area contributed by atoms with E-state index in [-0.39, 0.29) is 17.9 Å². The summed E-state index contributed by atoms with van der Waals surface area (Å²) in [6, 6.07) is 9.16. The van der Waals surface area contributed by atoms with Crippen LogP contribution in [0.1, 0.15) is 46.1 Å². The van der Waals surface area contributed by atoms with E-state index in [0.717, 1.165) is 23.4 Å². The lowest BCUT2D eigenvalue weighted by molar-refractivity contribution is -0.124. The monoisotopic (exact) mass is 460 g/mol. The third-order valence-corrected chi connectivity index (χ3v) is 6.54. The number of benzene rings is 1. The highest BCUT2D eigenvalue weighted by molar-refractivity contribution is 6.01. The van der Waals surface area contributed by atoms with E-state index in [4.69, 9.17) is 0 Å². The van der Waals surface area contributed by atoms with Crippen molar-refractivity contribution in [1.29, 1.82) is 0 Å². The number of carbonyl (C=O) groups excluding carboxylic acids is 2. The lowest BCUT2D eigenvalue weighted by Gasteiger charge is -2.39. The first-order chi connectivity index (χ1) is 16.3. The van der Waals surface area contributed by atoms with Crippen molar-refractivity contribution < 1.29 is 9.59 Å². The third kappa shape index (κ3) is 5.39. The summed E-state index contributed by atoms with van der Waals surface area (Å²) in [5.74, 6) is -0.602. The third-order valence-electron chi connectivity index (χ3n) is 6.54. The number of nitrogens with one attached hydrogen (secondary N) is 1. The summed E-state index contributed by atoms with van der Waals surface area (Å²) >= 11 is 0. The van der Waals surface area contributed by atoms with Gasteiger partial charge < -0.3 is 19.7 Å². The van der Waals surface area contributed by atoms with E-state index in [1.54, 1.807) is 18.0 Å². The maximum Gasteiger partial charge on any atom is 0.254 e. The van der Waals surface area contributed by atoms with Gasteiger partial charge in [-0.1, -0.05) is 49.1 Å². The molecule has 0 radical (unpaired) electrons. The summed E-state index contributed by atoms with van der Waals surface area (Å²) in [6.45, 7) is 9.78. The zero-order valence-corrected chi connectivity index (χ0v) is 20.9. The number of hydrogen-bond donors (Lipinski definition) is 1. The lowest BCUT2D eigenvalue weighted by atomic mass is 9.80. The van der Waals surface area contributed by atoms with Gasteiger partial charge in [-0.05, 0) is 49.7 Å². The molecule has 0 fully saturated rings. The van der Waals surface area contributed by atoms with E-state index in [0.29, 0.717) is 18.7 Å². The smallest absolute Gasteiger partial charge is 0.254 e. The maximum absolute atomic E-state index is 13.6. The highest BCUT2D eigenvalue weighted by Crippen LogP contribution is 2.42. The Morgan fingerprint density at radius 3 is 2.65 bits per heavy atom. The number of aromatic nitrogens is 1. The minimum atomic E-state index is -0.479. The first-order valence-corrected chi connectivity index (χ1v) is 11.7. The van der Waals surface area contributed by atoms with Crippen LogP contribution in [0.2, 0.25) is 0 Å². The summed E-state index contributed by atoms with van der Waals surface area (Å²) in [4.78, 5) is 30.6. The molecule has 0 saturated heterocycles. The molecule has 0 spiro atoms. The molecule has 0 saturated carbocycles. The Hall–Kier alpha value is -3.38. The lowest BCUT2D eigenvalue weighted by Crippen LogP contribution is -2.46. The molecule has 6 heteroatoms. The number of allylic oxidation sites excluding steroid dienone is 3. The van der Waals surface area contributed by atoms with Gasteiger partial charge in [-0.3, -0.25) is 9.59 Å². The summed E-state index contributed by atoms with van der Waals surface area (Å²) in [5.41, 5.74) is 4.62. The minimum Gasteiger partial charge on any atom is -0.354 e. The molecule has 6 nitrogen and oxygen atoms in total. The fourth-order valence-corrected chi connectivity index (χ4v) is 4.54. The zero-order valence-electron chi connectivity index (χ0n) is 20.9. The number of rotatable bonds is 9. The van der Waals surface area contributed by atoms with Crippen LogP contribution in [-0.4, -0.2) is 59.9 Å². The molecule has 180 valence electrons. The van der Waals surface area contributed by atoms with Crippen LogP contribution in [-0.2, 0) is 11.8 Å². The quantitative estimate of drug-likeness (QED) is 0.576. The maximum atomic E-state index is 13.6. The molecular formula is C28H36N4O2. The van der Waals surface area contributed by atoms with Gasteiger partial charge in [-0.15, -0.1) is 0 Å². The predicted octanol–water partition coefficient (Wildman–Crippen LogP) is 3.98. The van der Waals surface area contributed by atoms with Crippen LogP contribution >= 0.6 is 0 Å². The molecule has 2 amide bonds. The predicted molar refractivity (Wildman–Crippen MR) is 138 cm³/mol. The van der Waals surface area contributed by atoms with E-state index in [2.05, 4.69) is 28.9 Å². The van der Waals surface area contributed by atoms with Gasteiger partial charge in [-0.25, -0.2) is 0 Å². The second kappa shape index (κ2) is 11.2. The van der Waals surface area contributed by atoms with Crippen LogP contribution in [0.15, 0.2) is 73.0 Å². The van der Waals surface area contributed by atoms with Gasteiger partial charge in [0, 0.05) is 51.2 Å². The van der Waals surface area contributed by atoms with Crippen LogP contribution in [0.4, 0.5) is 0 Å². The Bertz CT molecular complexity index is 1090. The average molecular weight is 461 g/mol. The van der Waals surface area contributed by atoms with Crippen molar-refractivity contribution in [3.63, 3.8) is 0 Å². The topological polar surface area (TPSA) is 57.6 Å². The van der Waals surface area contributed by atoms with Gasteiger partial charge in [0.05, 0.1) is 12.0 Å². The van der Waals surface area contributed by atoms with Gasteiger partial charge in [0.25, 0.3) is 5.91 Å². The number of aryl methyl sites for hydroxylation is 2. The number of fused-ring (bicyclic) bond motifs is 1. The zero-order chi connectivity index (χ0) is 24.8. The number of likely N-dealkylation sites (N-methyl/N-ethyl adjacent to an activating group) is 2.